The summed E-state index contributed by atoms with van der Waals surface area (Å²) in [7, 11) is 0. The Morgan fingerprint density at radius 1 is 1.25 bits per heavy atom. The molecule has 0 aliphatic heterocycles. The number of pyridine rings is 1. The first-order valence-corrected chi connectivity index (χ1v) is 7.52. The van der Waals surface area contributed by atoms with Crippen LogP contribution in [0.2, 0.25) is 5.15 Å². The third kappa shape index (κ3) is 3.97. The molecule has 2 aromatic rings. The lowest BCUT2D eigenvalue weighted by atomic mass is 10.0. The Balaban J connectivity index is 2.21. The van der Waals surface area contributed by atoms with Gasteiger partial charge in [-0.05, 0) is 30.5 Å². The Morgan fingerprint density at radius 3 is 2.70 bits per heavy atom. The Kier molecular flexibility index (Phi) is 5.42. The van der Waals surface area contributed by atoms with E-state index in [2.05, 4.69) is 47.6 Å². The van der Waals surface area contributed by atoms with Crippen LogP contribution < -0.4 is 5.32 Å². The van der Waals surface area contributed by atoms with Gasteiger partial charge in [0.15, 0.2) is 5.15 Å². The summed E-state index contributed by atoms with van der Waals surface area (Å²) in [6, 6.07) is 12.8. The van der Waals surface area contributed by atoms with Gasteiger partial charge in [-0.25, -0.2) is 4.98 Å². The van der Waals surface area contributed by atoms with Gasteiger partial charge in [-0.3, -0.25) is 0 Å². The molecule has 3 heteroatoms. The number of aromatic nitrogens is 1. The lowest BCUT2D eigenvalue weighted by Crippen LogP contribution is -2.11. The van der Waals surface area contributed by atoms with Crippen LogP contribution in [0.25, 0.3) is 0 Å². The predicted molar refractivity (Wildman–Crippen MR) is 86.3 cm³/mol. The molecule has 1 atom stereocenters. The highest BCUT2D eigenvalue weighted by atomic mass is 35.5. The van der Waals surface area contributed by atoms with Crippen LogP contribution in [0.5, 0.6) is 0 Å². The summed E-state index contributed by atoms with van der Waals surface area (Å²) in [5.74, 6) is 0. The third-order valence-electron chi connectivity index (χ3n) is 3.35. The summed E-state index contributed by atoms with van der Waals surface area (Å²) in [6.07, 6.45) is 5.25. The Hall–Kier alpha value is -1.54. The molecule has 0 amide bonds. The third-order valence-corrected chi connectivity index (χ3v) is 3.66. The van der Waals surface area contributed by atoms with Gasteiger partial charge in [-0.1, -0.05) is 61.7 Å². The SMILES string of the molecule is CCCCC(Nc1cc(C)cnc1Cl)c1ccccc1. The van der Waals surface area contributed by atoms with Gasteiger partial charge in [0.05, 0.1) is 11.7 Å². The zero-order chi connectivity index (χ0) is 14.4. The number of nitrogens with zero attached hydrogens (tertiary/aromatic N) is 1. The lowest BCUT2D eigenvalue weighted by Gasteiger charge is -2.21. The van der Waals surface area contributed by atoms with E-state index in [-0.39, 0.29) is 6.04 Å². The number of unbranched alkanes of at least 4 members (excludes halogenated alkanes) is 1. The van der Waals surface area contributed by atoms with Crippen LogP contribution in [-0.2, 0) is 0 Å². The summed E-state index contributed by atoms with van der Waals surface area (Å²) >= 11 is 6.19. The smallest absolute Gasteiger partial charge is 0.152 e. The molecular formula is C17H21ClN2. The van der Waals surface area contributed by atoms with Crippen LogP contribution in [0.1, 0.15) is 43.4 Å². The van der Waals surface area contributed by atoms with Crippen LogP contribution in [0.3, 0.4) is 0 Å². The van der Waals surface area contributed by atoms with Crippen LogP contribution >= 0.6 is 11.6 Å². The van der Waals surface area contributed by atoms with Gasteiger partial charge in [-0.15, -0.1) is 0 Å². The number of rotatable bonds is 6. The van der Waals surface area contributed by atoms with E-state index < -0.39 is 0 Å². The first kappa shape index (κ1) is 14.9. The second-order valence-electron chi connectivity index (χ2n) is 5.10. The summed E-state index contributed by atoms with van der Waals surface area (Å²) < 4.78 is 0. The molecule has 0 aliphatic rings. The first-order chi connectivity index (χ1) is 9.70. The molecule has 1 unspecified atom stereocenters. The standard InChI is InChI=1S/C17H21ClN2/c1-3-4-10-15(14-8-6-5-7-9-14)20-16-11-13(2)12-19-17(16)18/h5-9,11-12,15,20H,3-4,10H2,1-2H3. The van der Waals surface area contributed by atoms with Crippen molar-refractivity contribution in [1.29, 1.82) is 0 Å². The monoisotopic (exact) mass is 288 g/mol. The maximum Gasteiger partial charge on any atom is 0.152 e. The molecule has 1 aromatic heterocycles. The van der Waals surface area contributed by atoms with Gasteiger partial charge in [0, 0.05) is 6.20 Å². The van der Waals surface area contributed by atoms with E-state index >= 15 is 0 Å². The summed E-state index contributed by atoms with van der Waals surface area (Å²) in [6.45, 7) is 4.24. The molecule has 0 fully saturated rings. The van der Waals surface area contributed by atoms with Crippen molar-refractivity contribution in [3.63, 3.8) is 0 Å². The van der Waals surface area contributed by atoms with Crippen LogP contribution in [0.4, 0.5) is 5.69 Å². The van der Waals surface area contributed by atoms with E-state index in [1.54, 1.807) is 6.20 Å². The van der Waals surface area contributed by atoms with Gasteiger partial charge < -0.3 is 5.32 Å². The highest BCUT2D eigenvalue weighted by Gasteiger charge is 2.12. The summed E-state index contributed by atoms with van der Waals surface area (Å²) in [4.78, 5) is 4.21. The summed E-state index contributed by atoms with van der Waals surface area (Å²) in [5, 5.41) is 4.08. The predicted octanol–water partition coefficient (Wildman–Crippen LogP) is 5.39. The Bertz CT molecular complexity index is 540. The molecule has 20 heavy (non-hydrogen) atoms. The Morgan fingerprint density at radius 2 is 2.00 bits per heavy atom. The van der Waals surface area contributed by atoms with E-state index in [1.165, 1.54) is 18.4 Å². The Labute approximate surface area is 126 Å². The normalized spacial score (nSPS) is 12.2. The number of benzene rings is 1. The number of aryl methyl sites for hydroxylation is 1. The maximum absolute atomic E-state index is 6.19. The summed E-state index contributed by atoms with van der Waals surface area (Å²) in [5.41, 5.74) is 3.31. The van der Waals surface area contributed by atoms with Crippen molar-refractivity contribution >= 4 is 17.3 Å². The van der Waals surface area contributed by atoms with Gasteiger partial charge in [0.2, 0.25) is 0 Å². The molecule has 0 bridgehead atoms. The van der Waals surface area contributed by atoms with Crippen molar-refractivity contribution in [3.8, 4) is 0 Å². The zero-order valence-electron chi connectivity index (χ0n) is 12.1. The van der Waals surface area contributed by atoms with Gasteiger partial charge in [0.25, 0.3) is 0 Å². The number of hydrogen-bond donors (Lipinski definition) is 1. The molecule has 2 nitrogen and oxygen atoms in total. The molecule has 1 aromatic carbocycles. The number of nitrogens with one attached hydrogen (secondary N) is 1. The van der Waals surface area contributed by atoms with E-state index in [0.717, 1.165) is 17.7 Å². The fourth-order valence-electron chi connectivity index (χ4n) is 2.26. The second-order valence-corrected chi connectivity index (χ2v) is 5.46. The van der Waals surface area contributed by atoms with Crippen LogP contribution in [0.15, 0.2) is 42.6 Å². The molecule has 2 rings (SSSR count). The molecule has 0 saturated heterocycles. The number of anilines is 1. The second kappa shape index (κ2) is 7.30. The minimum absolute atomic E-state index is 0.275. The van der Waals surface area contributed by atoms with E-state index in [4.69, 9.17) is 11.6 Å². The van der Waals surface area contributed by atoms with Gasteiger partial charge >= 0.3 is 0 Å². The van der Waals surface area contributed by atoms with Crippen molar-refractivity contribution in [1.82, 2.24) is 4.98 Å². The quantitative estimate of drug-likeness (QED) is 0.721. The molecule has 106 valence electrons. The van der Waals surface area contributed by atoms with Crippen LogP contribution in [-0.4, -0.2) is 4.98 Å². The fraction of sp³-hybridized carbons (Fsp3) is 0.353. The average molecular weight is 289 g/mol. The molecule has 1 heterocycles. The minimum Gasteiger partial charge on any atom is -0.376 e. The van der Waals surface area contributed by atoms with Crippen molar-refractivity contribution in [2.75, 3.05) is 5.32 Å². The maximum atomic E-state index is 6.19. The van der Waals surface area contributed by atoms with Crippen molar-refractivity contribution < 1.29 is 0 Å². The van der Waals surface area contributed by atoms with E-state index in [9.17, 15) is 0 Å². The number of halogens is 1. The van der Waals surface area contributed by atoms with Gasteiger partial charge in [0.1, 0.15) is 0 Å². The first-order valence-electron chi connectivity index (χ1n) is 7.14. The van der Waals surface area contributed by atoms with Crippen LogP contribution in [0, 0.1) is 6.92 Å². The van der Waals surface area contributed by atoms with E-state index in [0.29, 0.717) is 5.15 Å². The topological polar surface area (TPSA) is 24.9 Å². The van der Waals surface area contributed by atoms with E-state index in [1.807, 2.05) is 13.0 Å². The van der Waals surface area contributed by atoms with Crippen molar-refractivity contribution in [2.45, 2.75) is 39.2 Å². The molecular weight excluding hydrogens is 268 g/mol. The lowest BCUT2D eigenvalue weighted by molar-refractivity contribution is 0.634. The minimum atomic E-state index is 0.275. The number of hydrogen-bond acceptors (Lipinski definition) is 2. The van der Waals surface area contributed by atoms with Crippen molar-refractivity contribution in [3.05, 3.63) is 58.9 Å². The average Bonchev–Trinajstić information content (AvgIpc) is 2.48. The van der Waals surface area contributed by atoms with Gasteiger partial charge in [-0.2, -0.15) is 0 Å². The fourth-order valence-corrected chi connectivity index (χ4v) is 2.42. The largest absolute Gasteiger partial charge is 0.376 e. The highest BCUT2D eigenvalue weighted by molar-refractivity contribution is 6.31. The molecule has 0 radical (unpaired) electrons. The highest BCUT2D eigenvalue weighted by Crippen LogP contribution is 2.28. The molecule has 0 aliphatic carbocycles. The molecule has 0 saturated carbocycles. The zero-order valence-corrected chi connectivity index (χ0v) is 12.8. The molecule has 0 spiro atoms. The molecule has 1 N–H and O–H groups in total. The van der Waals surface area contributed by atoms with Crippen molar-refractivity contribution in [2.24, 2.45) is 0 Å².